The minimum atomic E-state index is -3.50. The van der Waals surface area contributed by atoms with E-state index in [2.05, 4.69) is 23.5 Å². The molecule has 24 heavy (non-hydrogen) atoms. The molecule has 1 aliphatic rings. The lowest BCUT2D eigenvalue weighted by atomic mass is 10.1. The summed E-state index contributed by atoms with van der Waals surface area (Å²) in [7, 11) is -3.50. The minimum Gasteiger partial charge on any atom is -0.299 e. The Hall–Kier alpha value is -1.43. The van der Waals surface area contributed by atoms with E-state index in [9.17, 15) is 8.42 Å². The first-order valence-corrected chi connectivity index (χ1v) is 10.1. The van der Waals surface area contributed by atoms with Gasteiger partial charge in [-0.1, -0.05) is 42.8 Å². The third-order valence-electron chi connectivity index (χ3n) is 4.89. The van der Waals surface area contributed by atoms with Gasteiger partial charge in [0.05, 0.1) is 4.90 Å². The summed E-state index contributed by atoms with van der Waals surface area (Å²) in [4.78, 5) is 2.73. The molecule has 2 aromatic rings. The number of sulfonamides is 1. The predicted molar refractivity (Wildman–Crippen MR) is 98.7 cm³/mol. The van der Waals surface area contributed by atoms with Crippen LogP contribution in [0.3, 0.4) is 0 Å². The summed E-state index contributed by atoms with van der Waals surface area (Å²) >= 11 is 0. The van der Waals surface area contributed by atoms with Gasteiger partial charge in [-0.05, 0) is 37.6 Å². The normalized spacial score (nSPS) is 22.3. The maximum atomic E-state index is 12.7. The zero-order chi connectivity index (χ0) is 17.3. The molecule has 0 amide bonds. The highest BCUT2D eigenvalue weighted by molar-refractivity contribution is 7.89. The number of fused-ring (bicyclic) bond motifs is 1. The molecule has 4 nitrogen and oxygen atoms in total. The third-order valence-corrected chi connectivity index (χ3v) is 6.41. The fraction of sp³-hybridized carbons (Fsp3) is 0.474. The van der Waals surface area contributed by atoms with E-state index in [-0.39, 0.29) is 0 Å². The summed E-state index contributed by atoms with van der Waals surface area (Å²) in [6.45, 7) is 8.70. The molecule has 0 spiro atoms. The molecule has 2 atom stereocenters. The molecule has 0 saturated carbocycles. The second-order valence-corrected chi connectivity index (χ2v) is 8.80. The van der Waals surface area contributed by atoms with E-state index in [0.717, 1.165) is 29.4 Å². The number of rotatable bonds is 5. The van der Waals surface area contributed by atoms with Crippen molar-refractivity contribution in [3.8, 4) is 0 Å². The van der Waals surface area contributed by atoms with Gasteiger partial charge >= 0.3 is 0 Å². The van der Waals surface area contributed by atoms with Crippen molar-refractivity contribution in [2.45, 2.75) is 38.1 Å². The fourth-order valence-electron chi connectivity index (χ4n) is 3.69. The smallest absolute Gasteiger partial charge is 0.241 e. The van der Waals surface area contributed by atoms with Crippen LogP contribution in [0.4, 0.5) is 0 Å². The van der Waals surface area contributed by atoms with Gasteiger partial charge in [0.15, 0.2) is 0 Å². The minimum absolute atomic E-state index is 0.367. The number of likely N-dealkylation sites (tertiary alicyclic amines) is 1. The van der Waals surface area contributed by atoms with Crippen LogP contribution in [0.25, 0.3) is 10.8 Å². The molecule has 3 rings (SSSR count). The Bertz CT molecular complexity index is 832. The van der Waals surface area contributed by atoms with Crippen LogP contribution in [0.15, 0.2) is 41.3 Å². The van der Waals surface area contributed by atoms with Gasteiger partial charge in [0.25, 0.3) is 0 Å². The molecular weight excluding hydrogens is 320 g/mol. The van der Waals surface area contributed by atoms with Crippen molar-refractivity contribution in [1.82, 2.24) is 9.62 Å². The Kier molecular flexibility index (Phi) is 4.95. The molecule has 130 valence electrons. The maximum Gasteiger partial charge on any atom is 0.241 e. The zero-order valence-corrected chi connectivity index (χ0v) is 15.4. The van der Waals surface area contributed by atoms with Crippen LogP contribution >= 0.6 is 0 Å². The molecule has 2 aromatic carbocycles. The van der Waals surface area contributed by atoms with E-state index in [1.165, 1.54) is 6.42 Å². The first-order chi connectivity index (χ1) is 11.4. The highest BCUT2D eigenvalue weighted by Crippen LogP contribution is 2.24. The van der Waals surface area contributed by atoms with Crippen molar-refractivity contribution in [2.75, 3.05) is 19.6 Å². The average Bonchev–Trinajstić information content (AvgIpc) is 2.84. The summed E-state index contributed by atoms with van der Waals surface area (Å²) in [5.74, 6) is 0.692. The van der Waals surface area contributed by atoms with Crippen molar-refractivity contribution in [1.29, 1.82) is 0 Å². The highest BCUT2D eigenvalue weighted by Gasteiger charge is 2.26. The zero-order valence-electron chi connectivity index (χ0n) is 14.6. The molecule has 0 aliphatic carbocycles. The number of nitrogens with one attached hydrogen (secondary N) is 1. The summed E-state index contributed by atoms with van der Waals surface area (Å²) in [6, 6.07) is 11.9. The molecule has 0 radical (unpaired) electrons. The maximum absolute atomic E-state index is 12.7. The van der Waals surface area contributed by atoms with E-state index in [0.29, 0.717) is 23.4 Å². The van der Waals surface area contributed by atoms with Gasteiger partial charge in [-0.15, -0.1) is 0 Å². The van der Waals surface area contributed by atoms with Gasteiger partial charge in [-0.3, -0.25) is 4.90 Å². The number of aryl methyl sites for hydroxylation is 1. The van der Waals surface area contributed by atoms with Gasteiger partial charge in [-0.25, -0.2) is 13.1 Å². The van der Waals surface area contributed by atoms with E-state index >= 15 is 0 Å². The molecule has 1 fully saturated rings. The van der Waals surface area contributed by atoms with Crippen LogP contribution in [0.1, 0.15) is 25.8 Å². The van der Waals surface area contributed by atoms with Crippen molar-refractivity contribution in [3.63, 3.8) is 0 Å². The molecule has 1 saturated heterocycles. The van der Waals surface area contributed by atoms with Gasteiger partial charge in [-0.2, -0.15) is 0 Å². The predicted octanol–water partition coefficient (Wildman–Crippen LogP) is 3.16. The second kappa shape index (κ2) is 6.82. The molecule has 1 heterocycles. The Balaban J connectivity index is 1.75. The van der Waals surface area contributed by atoms with Crippen molar-refractivity contribution < 1.29 is 8.42 Å². The number of benzene rings is 2. The van der Waals surface area contributed by atoms with E-state index in [1.54, 1.807) is 12.1 Å². The number of hydrogen-bond donors (Lipinski definition) is 1. The van der Waals surface area contributed by atoms with Crippen LogP contribution in [0, 0.1) is 12.8 Å². The van der Waals surface area contributed by atoms with Gasteiger partial charge in [0.2, 0.25) is 10.0 Å². The molecule has 0 aromatic heterocycles. The van der Waals surface area contributed by atoms with Crippen molar-refractivity contribution in [2.24, 2.45) is 5.92 Å². The second-order valence-electron chi connectivity index (χ2n) is 7.06. The van der Waals surface area contributed by atoms with E-state index in [1.807, 2.05) is 31.2 Å². The first-order valence-electron chi connectivity index (χ1n) is 8.60. The standard InChI is InChI=1S/C19H26N2O2S/c1-14-7-8-17-5-4-6-19(18(17)12-14)24(22,23)20-9-10-21-13-15(2)11-16(21)3/h4-8,12,15-16,20H,9-11,13H2,1-3H3. The summed E-state index contributed by atoms with van der Waals surface area (Å²) in [5.41, 5.74) is 1.06. The third kappa shape index (κ3) is 3.63. The van der Waals surface area contributed by atoms with E-state index < -0.39 is 10.0 Å². The van der Waals surface area contributed by atoms with Gasteiger partial charge in [0.1, 0.15) is 0 Å². The monoisotopic (exact) mass is 346 g/mol. The Labute approximate surface area is 144 Å². The molecule has 1 N–H and O–H groups in total. The molecule has 5 heteroatoms. The van der Waals surface area contributed by atoms with Crippen LogP contribution in [-0.2, 0) is 10.0 Å². The lowest BCUT2D eigenvalue weighted by molar-refractivity contribution is 0.270. The lowest BCUT2D eigenvalue weighted by Crippen LogP contribution is -2.36. The topological polar surface area (TPSA) is 49.4 Å². The fourth-order valence-corrected chi connectivity index (χ4v) is 4.93. The SMILES string of the molecule is Cc1ccc2cccc(S(=O)(=O)NCCN3CC(C)CC3C)c2c1. The average molecular weight is 346 g/mol. The van der Waals surface area contributed by atoms with Crippen LogP contribution in [-0.4, -0.2) is 39.0 Å². The first kappa shape index (κ1) is 17.4. The summed E-state index contributed by atoms with van der Waals surface area (Å²) < 4.78 is 28.3. The summed E-state index contributed by atoms with van der Waals surface area (Å²) in [6.07, 6.45) is 1.19. The van der Waals surface area contributed by atoms with Gasteiger partial charge in [0, 0.05) is 31.1 Å². The van der Waals surface area contributed by atoms with Crippen LogP contribution in [0.2, 0.25) is 0 Å². The van der Waals surface area contributed by atoms with Crippen LogP contribution in [0.5, 0.6) is 0 Å². The highest BCUT2D eigenvalue weighted by atomic mass is 32.2. The summed E-state index contributed by atoms with van der Waals surface area (Å²) in [5, 5.41) is 1.73. The Morgan fingerprint density at radius 2 is 2.00 bits per heavy atom. The molecule has 2 unspecified atom stereocenters. The molecule has 0 bridgehead atoms. The Morgan fingerprint density at radius 1 is 1.21 bits per heavy atom. The van der Waals surface area contributed by atoms with Crippen molar-refractivity contribution in [3.05, 3.63) is 42.0 Å². The lowest BCUT2D eigenvalue weighted by Gasteiger charge is -2.21. The largest absolute Gasteiger partial charge is 0.299 e. The van der Waals surface area contributed by atoms with Crippen LogP contribution < -0.4 is 4.72 Å². The Morgan fingerprint density at radius 3 is 2.71 bits per heavy atom. The number of hydrogen-bond acceptors (Lipinski definition) is 3. The number of nitrogens with zero attached hydrogens (tertiary/aromatic N) is 1. The van der Waals surface area contributed by atoms with Gasteiger partial charge < -0.3 is 0 Å². The molecular formula is C19H26N2O2S. The molecule has 1 aliphatic heterocycles. The van der Waals surface area contributed by atoms with Crippen molar-refractivity contribution >= 4 is 20.8 Å². The quantitative estimate of drug-likeness (QED) is 0.905. The van der Waals surface area contributed by atoms with E-state index in [4.69, 9.17) is 0 Å².